The van der Waals surface area contributed by atoms with Crippen LogP contribution >= 0.6 is 11.3 Å². The van der Waals surface area contributed by atoms with Crippen LogP contribution in [0.15, 0.2) is 42.3 Å². The molecule has 6 heterocycles. The Labute approximate surface area is 264 Å². The van der Waals surface area contributed by atoms with Gasteiger partial charge in [-0.1, -0.05) is 19.1 Å². The number of fused-ring (bicyclic) bond motifs is 2. The highest BCUT2D eigenvalue weighted by molar-refractivity contribution is 7.13. The predicted octanol–water partition coefficient (Wildman–Crippen LogP) is 4.99. The summed E-state index contributed by atoms with van der Waals surface area (Å²) in [5, 5.41) is 7.19. The van der Waals surface area contributed by atoms with E-state index in [-0.39, 0.29) is 18.2 Å². The van der Waals surface area contributed by atoms with Gasteiger partial charge in [0, 0.05) is 43.6 Å². The first-order valence-electron chi connectivity index (χ1n) is 15.6. The van der Waals surface area contributed by atoms with Crippen LogP contribution in [0.25, 0.3) is 22.1 Å². The van der Waals surface area contributed by atoms with Crippen molar-refractivity contribution in [2.75, 3.05) is 54.5 Å². The molecule has 0 radical (unpaired) electrons. The van der Waals surface area contributed by atoms with Gasteiger partial charge in [-0.25, -0.2) is 34.7 Å². The number of benzene rings is 1. The summed E-state index contributed by atoms with van der Waals surface area (Å²) in [5.41, 5.74) is 2.71. The molecule has 0 amide bonds. The van der Waals surface area contributed by atoms with E-state index in [4.69, 9.17) is 19.4 Å². The van der Waals surface area contributed by atoms with Crippen molar-refractivity contribution >= 4 is 56.1 Å². The van der Waals surface area contributed by atoms with Crippen LogP contribution < -0.4 is 15.1 Å². The molecule has 1 unspecified atom stereocenters. The summed E-state index contributed by atoms with van der Waals surface area (Å²) in [7, 11) is 0. The third kappa shape index (κ3) is 5.87. The Balaban J connectivity index is 1.13. The summed E-state index contributed by atoms with van der Waals surface area (Å²) < 4.78 is 13.1. The standard InChI is InChI=1S/C31H36N10O3S/c1-3-21(35-27-25-29(33-18-32-27)41(19-34-25)24-11-7-8-16-44-24)26-36-22-10-6-5-9-20(22)28(38-26)39-12-14-40(15-13-39)31-37-23(17-45-31)30(42)43-4-2/h5-6,9-10,17-19,21,24H,3-4,7-8,11-16H2,1-2H3,(H,32,33,35)/t21-,24?/m0/s1. The Kier molecular flexibility index (Phi) is 8.39. The number of imidazole rings is 1. The van der Waals surface area contributed by atoms with Crippen molar-refractivity contribution in [1.82, 2.24) is 34.5 Å². The maximum Gasteiger partial charge on any atom is 0.357 e. The minimum atomic E-state index is -0.382. The Bertz CT molecular complexity index is 1800. The number of nitrogens with one attached hydrogen (secondary N) is 1. The number of hydrogen-bond donors (Lipinski definition) is 1. The zero-order chi connectivity index (χ0) is 30.8. The van der Waals surface area contributed by atoms with E-state index in [0.29, 0.717) is 29.5 Å². The molecule has 0 aliphatic carbocycles. The zero-order valence-corrected chi connectivity index (χ0v) is 26.2. The number of carbonyl (C=O) groups excluding carboxylic acids is 1. The first-order valence-corrected chi connectivity index (χ1v) is 16.5. The quantitative estimate of drug-likeness (QED) is 0.220. The van der Waals surface area contributed by atoms with E-state index < -0.39 is 0 Å². The number of piperazine rings is 1. The minimum absolute atomic E-state index is 0.0597. The number of rotatable bonds is 9. The summed E-state index contributed by atoms with van der Waals surface area (Å²) in [6.45, 7) is 8.01. The Morgan fingerprint density at radius 2 is 1.91 bits per heavy atom. The zero-order valence-electron chi connectivity index (χ0n) is 25.4. The number of carbonyl (C=O) groups is 1. The molecule has 14 heteroatoms. The fraction of sp³-hybridized carbons (Fsp3) is 0.452. The summed E-state index contributed by atoms with van der Waals surface area (Å²) in [6, 6.07) is 7.95. The highest BCUT2D eigenvalue weighted by Gasteiger charge is 2.26. The molecule has 0 saturated carbocycles. The average Bonchev–Trinajstić information content (AvgIpc) is 3.76. The number of ether oxygens (including phenoxy) is 2. The van der Waals surface area contributed by atoms with Crippen molar-refractivity contribution in [2.45, 2.75) is 51.8 Å². The lowest BCUT2D eigenvalue weighted by molar-refractivity contribution is -0.0298. The van der Waals surface area contributed by atoms with Crippen LogP contribution in [-0.2, 0) is 9.47 Å². The van der Waals surface area contributed by atoms with Crippen LogP contribution in [0.5, 0.6) is 0 Å². The first-order chi connectivity index (χ1) is 22.1. The van der Waals surface area contributed by atoms with E-state index in [1.165, 1.54) is 11.3 Å². The SMILES string of the molecule is CCOC(=O)c1csc(N2CCN(c3nc([C@H](CC)Nc4ncnc5c4ncn5C4CCCCO4)nc4ccccc34)CC2)n1. The van der Waals surface area contributed by atoms with Crippen molar-refractivity contribution in [2.24, 2.45) is 0 Å². The smallest absolute Gasteiger partial charge is 0.357 e. The van der Waals surface area contributed by atoms with E-state index in [1.807, 2.05) is 22.8 Å². The van der Waals surface area contributed by atoms with Crippen LogP contribution in [0.1, 0.15) is 68.1 Å². The van der Waals surface area contributed by atoms with Crippen LogP contribution in [0.3, 0.4) is 0 Å². The van der Waals surface area contributed by atoms with E-state index in [2.05, 4.69) is 48.0 Å². The number of thiazole rings is 1. The molecule has 4 aromatic heterocycles. The van der Waals surface area contributed by atoms with Gasteiger partial charge in [-0.15, -0.1) is 11.3 Å². The van der Waals surface area contributed by atoms with Crippen molar-refractivity contribution in [3.8, 4) is 0 Å². The molecule has 1 N–H and O–H groups in total. The maximum absolute atomic E-state index is 12.1. The molecule has 0 spiro atoms. The topological polar surface area (TPSA) is 136 Å². The lowest BCUT2D eigenvalue weighted by Crippen LogP contribution is -2.47. The molecule has 2 atom stereocenters. The minimum Gasteiger partial charge on any atom is -0.461 e. The lowest BCUT2D eigenvalue weighted by atomic mass is 10.1. The van der Waals surface area contributed by atoms with Gasteiger partial charge in [0.05, 0.1) is 24.5 Å². The van der Waals surface area contributed by atoms with Gasteiger partial charge < -0.3 is 24.6 Å². The van der Waals surface area contributed by atoms with E-state index in [0.717, 1.165) is 86.0 Å². The Hall–Kier alpha value is -4.43. The lowest BCUT2D eigenvalue weighted by Gasteiger charge is -2.36. The third-order valence-corrected chi connectivity index (χ3v) is 9.18. The molecule has 7 rings (SSSR count). The number of hydrogen-bond acceptors (Lipinski definition) is 13. The van der Waals surface area contributed by atoms with Crippen LogP contribution in [0.2, 0.25) is 0 Å². The van der Waals surface area contributed by atoms with Crippen molar-refractivity contribution < 1.29 is 14.3 Å². The van der Waals surface area contributed by atoms with Gasteiger partial charge in [-0.2, -0.15) is 0 Å². The highest BCUT2D eigenvalue weighted by atomic mass is 32.1. The number of esters is 1. The predicted molar refractivity (Wildman–Crippen MR) is 173 cm³/mol. The molecule has 2 aliphatic heterocycles. The summed E-state index contributed by atoms with van der Waals surface area (Å²) in [5.74, 6) is 1.88. The normalized spacial score (nSPS) is 18.0. The Morgan fingerprint density at radius 1 is 1.07 bits per heavy atom. The van der Waals surface area contributed by atoms with Gasteiger partial charge in [-0.05, 0) is 44.7 Å². The summed E-state index contributed by atoms with van der Waals surface area (Å²) >= 11 is 1.47. The second-order valence-electron chi connectivity index (χ2n) is 11.1. The maximum atomic E-state index is 12.1. The second kappa shape index (κ2) is 12.9. The largest absolute Gasteiger partial charge is 0.461 e. The second-order valence-corrected chi connectivity index (χ2v) is 11.9. The van der Waals surface area contributed by atoms with E-state index in [9.17, 15) is 4.79 Å². The van der Waals surface area contributed by atoms with Gasteiger partial charge in [0.15, 0.2) is 33.6 Å². The monoisotopic (exact) mass is 628 g/mol. The van der Waals surface area contributed by atoms with Crippen molar-refractivity contribution in [3.05, 3.63) is 53.8 Å². The molecule has 2 fully saturated rings. The van der Waals surface area contributed by atoms with Crippen LogP contribution in [0, 0.1) is 0 Å². The van der Waals surface area contributed by atoms with Gasteiger partial charge in [0.2, 0.25) is 0 Å². The summed E-state index contributed by atoms with van der Waals surface area (Å²) in [4.78, 5) is 45.1. The number of anilines is 3. The van der Waals surface area contributed by atoms with E-state index in [1.54, 1.807) is 25.0 Å². The molecule has 2 saturated heterocycles. The van der Waals surface area contributed by atoms with Gasteiger partial charge in [-0.3, -0.25) is 4.57 Å². The molecule has 0 bridgehead atoms. The van der Waals surface area contributed by atoms with E-state index >= 15 is 0 Å². The summed E-state index contributed by atoms with van der Waals surface area (Å²) in [6.07, 6.45) is 7.20. The molecule has 45 heavy (non-hydrogen) atoms. The number of aromatic nitrogens is 7. The number of nitrogens with zero attached hydrogens (tertiary/aromatic N) is 9. The van der Waals surface area contributed by atoms with Gasteiger partial charge >= 0.3 is 5.97 Å². The molecular weight excluding hydrogens is 592 g/mol. The van der Waals surface area contributed by atoms with Crippen LogP contribution in [-0.4, -0.2) is 79.8 Å². The average molecular weight is 629 g/mol. The highest BCUT2D eigenvalue weighted by Crippen LogP contribution is 2.32. The number of para-hydroxylation sites is 1. The van der Waals surface area contributed by atoms with Crippen LogP contribution in [0.4, 0.5) is 16.8 Å². The molecule has 13 nitrogen and oxygen atoms in total. The fourth-order valence-electron chi connectivity index (χ4n) is 5.92. The molecular formula is C31H36N10O3S. The molecule has 1 aromatic carbocycles. The molecule has 2 aliphatic rings. The molecule has 5 aromatic rings. The van der Waals surface area contributed by atoms with Gasteiger partial charge in [0.1, 0.15) is 18.4 Å². The van der Waals surface area contributed by atoms with Gasteiger partial charge in [0.25, 0.3) is 0 Å². The first kappa shape index (κ1) is 29.3. The Morgan fingerprint density at radius 3 is 2.71 bits per heavy atom. The third-order valence-electron chi connectivity index (χ3n) is 8.28. The molecule has 234 valence electrons. The fourth-order valence-corrected chi connectivity index (χ4v) is 6.77. The van der Waals surface area contributed by atoms with Crippen molar-refractivity contribution in [3.63, 3.8) is 0 Å². The van der Waals surface area contributed by atoms with Crippen molar-refractivity contribution in [1.29, 1.82) is 0 Å².